The fraction of sp³-hybridized carbons (Fsp3) is 0.273. The van der Waals surface area contributed by atoms with Gasteiger partial charge in [0.25, 0.3) is 0 Å². The lowest BCUT2D eigenvalue weighted by Crippen LogP contribution is -2.18. The highest BCUT2D eigenvalue weighted by atomic mass is 79.9. The largest absolute Gasteiger partial charge is 0.363 e. The fourth-order valence-corrected chi connectivity index (χ4v) is 2.29. The molecule has 2 heteroatoms. The second kappa shape index (κ2) is 3.54. The number of rotatable bonds is 1. The molecule has 0 amide bonds. The average Bonchev–Trinajstić information content (AvgIpc) is 2.56. The van der Waals surface area contributed by atoms with E-state index in [2.05, 4.69) is 58.1 Å². The molecule has 0 bridgehead atoms. The number of hydrogen-bond acceptors (Lipinski definition) is 1. The zero-order valence-electron chi connectivity index (χ0n) is 7.63. The van der Waals surface area contributed by atoms with E-state index in [1.54, 1.807) is 0 Å². The molecular formula is C11H12BrN. The lowest BCUT2D eigenvalue weighted by molar-refractivity contribution is 1.00. The molecular weight excluding hydrogens is 226 g/mol. The van der Waals surface area contributed by atoms with Gasteiger partial charge in [0.05, 0.1) is 5.69 Å². The van der Waals surface area contributed by atoms with E-state index in [-0.39, 0.29) is 0 Å². The van der Waals surface area contributed by atoms with Gasteiger partial charge in [-0.1, -0.05) is 18.2 Å². The highest BCUT2D eigenvalue weighted by Crippen LogP contribution is 2.28. The van der Waals surface area contributed by atoms with E-state index in [1.807, 2.05) is 0 Å². The number of aryl methyl sites for hydroxylation is 1. The summed E-state index contributed by atoms with van der Waals surface area (Å²) in [6, 6.07) is 6.48. The molecule has 0 fully saturated rings. The summed E-state index contributed by atoms with van der Waals surface area (Å²) in [6.07, 6.45) is 4.40. The van der Waals surface area contributed by atoms with E-state index >= 15 is 0 Å². The Balaban J connectivity index is 2.30. The van der Waals surface area contributed by atoms with Crippen LogP contribution in [-0.4, -0.2) is 13.1 Å². The summed E-state index contributed by atoms with van der Waals surface area (Å²) in [7, 11) is 0. The second-order valence-corrected chi connectivity index (χ2v) is 4.19. The van der Waals surface area contributed by atoms with E-state index in [0.29, 0.717) is 0 Å². The van der Waals surface area contributed by atoms with Crippen molar-refractivity contribution in [1.29, 1.82) is 0 Å². The molecule has 0 saturated carbocycles. The Morgan fingerprint density at radius 2 is 1.92 bits per heavy atom. The van der Waals surface area contributed by atoms with Crippen LogP contribution in [0.4, 0.5) is 5.69 Å². The van der Waals surface area contributed by atoms with Crippen LogP contribution in [0.5, 0.6) is 0 Å². The Kier molecular flexibility index (Phi) is 2.40. The molecule has 68 valence electrons. The third-order valence-electron chi connectivity index (χ3n) is 2.26. The molecule has 1 aromatic carbocycles. The molecule has 13 heavy (non-hydrogen) atoms. The number of anilines is 1. The van der Waals surface area contributed by atoms with Crippen LogP contribution in [0.25, 0.3) is 0 Å². The molecule has 1 aliphatic rings. The van der Waals surface area contributed by atoms with E-state index in [9.17, 15) is 0 Å². The van der Waals surface area contributed by atoms with Gasteiger partial charge in [-0.2, -0.15) is 0 Å². The first kappa shape index (κ1) is 8.82. The molecule has 0 saturated heterocycles. The van der Waals surface area contributed by atoms with Crippen molar-refractivity contribution in [3.05, 3.63) is 40.4 Å². The van der Waals surface area contributed by atoms with Crippen molar-refractivity contribution in [1.82, 2.24) is 0 Å². The highest BCUT2D eigenvalue weighted by molar-refractivity contribution is 9.10. The minimum Gasteiger partial charge on any atom is -0.363 e. The molecule has 2 rings (SSSR count). The zero-order valence-corrected chi connectivity index (χ0v) is 9.21. The molecule has 1 heterocycles. The van der Waals surface area contributed by atoms with Crippen molar-refractivity contribution in [2.75, 3.05) is 18.0 Å². The fourth-order valence-electron chi connectivity index (χ4n) is 1.54. The van der Waals surface area contributed by atoms with Gasteiger partial charge in [0.15, 0.2) is 0 Å². The van der Waals surface area contributed by atoms with Crippen LogP contribution in [0, 0.1) is 6.92 Å². The summed E-state index contributed by atoms with van der Waals surface area (Å²) in [4.78, 5) is 2.34. The lowest BCUT2D eigenvalue weighted by Gasteiger charge is -2.19. The van der Waals surface area contributed by atoms with E-state index < -0.39 is 0 Å². The number of benzene rings is 1. The van der Waals surface area contributed by atoms with Crippen molar-refractivity contribution in [3.63, 3.8) is 0 Å². The predicted octanol–water partition coefficient (Wildman–Crippen LogP) is 3.13. The van der Waals surface area contributed by atoms with E-state index in [1.165, 1.54) is 15.7 Å². The molecule has 1 aliphatic heterocycles. The predicted molar refractivity (Wildman–Crippen MR) is 60.2 cm³/mol. The van der Waals surface area contributed by atoms with Crippen molar-refractivity contribution in [2.45, 2.75) is 6.92 Å². The van der Waals surface area contributed by atoms with Crippen LogP contribution in [0.1, 0.15) is 5.56 Å². The summed E-state index contributed by atoms with van der Waals surface area (Å²) in [5.41, 5.74) is 2.58. The Bertz CT molecular complexity index is 336. The maximum absolute atomic E-state index is 3.59. The molecule has 0 spiro atoms. The van der Waals surface area contributed by atoms with Crippen LogP contribution in [0.2, 0.25) is 0 Å². The second-order valence-electron chi connectivity index (χ2n) is 3.33. The van der Waals surface area contributed by atoms with E-state index in [4.69, 9.17) is 0 Å². The van der Waals surface area contributed by atoms with Gasteiger partial charge in [-0.05, 0) is 40.5 Å². The van der Waals surface area contributed by atoms with Gasteiger partial charge in [0.1, 0.15) is 0 Å². The zero-order chi connectivity index (χ0) is 9.26. The summed E-state index contributed by atoms with van der Waals surface area (Å²) < 4.78 is 1.19. The maximum Gasteiger partial charge on any atom is 0.0516 e. The standard InChI is InChI=1S/C11H12BrN/c1-9-4-5-11(10(12)8-9)13-6-2-3-7-13/h2-5,8H,6-7H2,1H3. The van der Waals surface area contributed by atoms with Crippen molar-refractivity contribution >= 4 is 21.6 Å². The van der Waals surface area contributed by atoms with Gasteiger partial charge in [0, 0.05) is 17.6 Å². The summed E-state index contributed by atoms with van der Waals surface area (Å²) >= 11 is 3.59. The maximum atomic E-state index is 3.59. The summed E-state index contributed by atoms with van der Waals surface area (Å²) in [5.74, 6) is 0. The van der Waals surface area contributed by atoms with Crippen LogP contribution in [0.15, 0.2) is 34.8 Å². The van der Waals surface area contributed by atoms with Gasteiger partial charge in [0.2, 0.25) is 0 Å². The lowest BCUT2D eigenvalue weighted by atomic mass is 10.2. The van der Waals surface area contributed by atoms with Crippen molar-refractivity contribution in [2.24, 2.45) is 0 Å². The van der Waals surface area contributed by atoms with Crippen LogP contribution >= 0.6 is 15.9 Å². The molecule has 0 unspecified atom stereocenters. The number of nitrogens with zero attached hydrogens (tertiary/aromatic N) is 1. The first-order valence-electron chi connectivity index (χ1n) is 4.43. The van der Waals surface area contributed by atoms with Crippen LogP contribution < -0.4 is 4.90 Å². The normalized spacial score (nSPS) is 15.4. The average molecular weight is 238 g/mol. The Morgan fingerprint density at radius 1 is 1.23 bits per heavy atom. The molecule has 1 aromatic rings. The van der Waals surface area contributed by atoms with E-state index in [0.717, 1.165) is 13.1 Å². The Labute approximate surface area is 87.2 Å². The van der Waals surface area contributed by atoms with Crippen molar-refractivity contribution in [3.8, 4) is 0 Å². The van der Waals surface area contributed by atoms with Gasteiger partial charge >= 0.3 is 0 Å². The summed E-state index contributed by atoms with van der Waals surface area (Å²) in [6.45, 7) is 4.17. The van der Waals surface area contributed by atoms with Gasteiger partial charge in [-0.3, -0.25) is 0 Å². The van der Waals surface area contributed by atoms with Gasteiger partial charge < -0.3 is 4.90 Å². The molecule has 0 aromatic heterocycles. The molecule has 0 N–H and O–H groups in total. The molecule has 1 nitrogen and oxygen atoms in total. The first-order valence-corrected chi connectivity index (χ1v) is 5.23. The Hall–Kier alpha value is -0.760. The first-order chi connectivity index (χ1) is 6.27. The van der Waals surface area contributed by atoms with Gasteiger partial charge in [-0.25, -0.2) is 0 Å². The molecule has 0 atom stereocenters. The minimum atomic E-state index is 1.03. The number of hydrogen-bond donors (Lipinski definition) is 0. The third-order valence-corrected chi connectivity index (χ3v) is 2.90. The monoisotopic (exact) mass is 237 g/mol. The van der Waals surface area contributed by atoms with Crippen LogP contribution in [-0.2, 0) is 0 Å². The summed E-state index contributed by atoms with van der Waals surface area (Å²) in [5, 5.41) is 0. The Morgan fingerprint density at radius 3 is 2.54 bits per heavy atom. The van der Waals surface area contributed by atoms with Crippen LogP contribution in [0.3, 0.4) is 0 Å². The van der Waals surface area contributed by atoms with Crippen molar-refractivity contribution < 1.29 is 0 Å². The number of halogens is 1. The smallest absolute Gasteiger partial charge is 0.0516 e. The van der Waals surface area contributed by atoms with Gasteiger partial charge in [-0.15, -0.1) is 0 Å². The highest BCUT2D eigenvalue weighted by Gasteiger charge is 2.10. The molecule has 0 radical (unpaired) electrons. The quantitative estimate of drug-likeness (QED) is 0.679. The molecule has 0 aliphatic carbocycles. The minimum absolute atomic E-state index is 1.03. The third kappa shape index (κ3) is 1.78. The SMILES string of the molecule is Cc1ccc(N2CC=CC2)c(Br)c1. The topological polar surface area (TPSA) is 3.24 Å².